The number of halogens is 1. The van der Waals surface area contributed by atoms with Gasteiger partial charge in [0.2, 0.25) is 5.91 Å². The molecule has 136 valence electrons. The summed E-state index contributed by atoms with van der Waals surface area (Å²) in [7, 11) is 0. The number of hydrogen-bond acceptors (Lipinski definition) is 2. The van der Waals surface area contributed by atoms with Gasteiger partial charge in [-0.25, -0.2) is 0 Å². The fourth-order valence-electron chi connectivity index (χ4n) is 5.26. The quantitative estimate of drug-likeness (QED) is 0.751. The summed E-state index contributed by atoms with van der Waals surface area (Å²) in [5.41, 5.74) is 1.13. The number of carbonyl (C=O) groups is 1. The SMILES string of the molecule is O=C(Cc1ccc(Br)cc1)N1CCCC2CC(N3CCCC3)CCC21. The lowest BCUT2D eigenvalue weighted by atomic mass is 9.75. The molecule has 2 aliphatic heterocycles. The predicted molar refractivity (Wildman–Crippen MR) is 105 cm³/mol. The van der Waals surface area contributed by atoms with E-state index in [0.717, 1.165) is 28.5 Å². The molecule has 2 heterocycles. The van der Waals surface area contributed by atoms with Gasteiger partial charge in [-0.15, -0.1) is 0 Å². The monoisotopic (exact) mass is 404 g/mol. The molecule has 3 atom stereocenters. The van der Waals surface area contributed by atoms with Crippen molar-refractivity contribution in [3.05, 3.63) is 34.3 Å². The standard InChI is InChI=1S/C21H29BrN2O/c22-18-7-5-16(6-8-18)14-21(25)24-13-3-4-17-15-19(9-10-20(17)24)23-11-1-2-12-23/h5-8,17,19-20H,1-4,9-15H2. The number of likely N-dealkylation sites (tertiary alicyclic amines) is 2. The molecule has 0 radical (unpaired) electrons. The third-order valence-electron chi connectivity index (χ3n) is 6.53. The second kappa shape index (κ2) is 7.79. The van der Waals surface area contributed by atoms with Crippen molar-refractivity contribution in [3.63, 3.8) is 0 Å². The van der Waals surface area contributed by atoms with E-state index in [-0.39, 0.29) is 0 Å². The second-order valence-corrected chi connectivity index (χ2v) is 8.99. The maximum Gasteiger partial charge on any atom is 0.227 e. The van der Waals surface area contributed by atoms with Gasteiger partial charge in [0.15, 0.2) is 0 Å². The number of benzene rings is 1. The molecule has 1 aliphatic carbocycles. The van der Waals surface area contributed by atoms with Crippen LogP contribution in [-0.2, 0) is 11.2 Å². The fraction of sp³-hybridized carbons (Fsp3) is 0.667. The molecule has 2 saturated heterocycles. The van der Waals surface area contributed by atoms with Crippen LogP contribution in [0.1, 0.15) is 50.5 Å². The third-order valence-corrected chi connectivity index (χ3v) is 7.06. The highest BCUT2D eigenvalue weighted by molar-refractivity contribution is 9.10. The zero-order chi connectivity index (χ0) is 17.2. The van der Waals surface area contributed by atoms with Crippen molar-refractivity contribution >= 4 is 21.8 Å². The highest BCUT2D eigenvalue weighted by atomic mass is 79.9. The normalized spacial score (nSPS) is 30.3. The largest absolute Gasteiger partial charge is 0.339 e. The van der Waals surface area contributed by atoms with Gasteiger partial charge < -0.3 is 9.80 Å². The molecule has 3 nitrogen and oxygen atoms in total. The molecule has 0 N–H and O–H groups in total. The molecule has 4 heteroatoms. The van der Waals surface area contributed by atoms with Crippen molar-refractivity contribution in [2.24, 2.45) is 5.92 Å². The maximum absolute atomic E-state index is 12.9. The summed E-state index contributed by atoms with van der Waals surface area (Å²) in [4.78, 5) is 17.9. The first-order valence-electron chi connectivity index (χ1n) is 9.98. The Morgan fingerprint density at radius 3 is 2.52 bits per heavy atom. The molecular weight excluding hydrogens is 376 g/mol. The molecule has 1 aromatic carbocycles. The zero-order valence-electron chi connectivity index (χ0n) is 15.0. The molecule has 4 rings (SSSR count). The van der Waals surface area contributed by atoms with E-state index in [1.165, 1.54) is 58.0 Å². The van der Waals surface area contributed by atoms with Gasteiger partial charge >= 0.3 is 0 Å². The van der Waals surface area contributed by atoms with E-state index >= 15 is 0 Å². The number of fused-ring (bicyclic) bond motifs is 1. The molecule has 0 bridgehead atoms. The summed E-state index contributed by atoms with van der Waals surface area (Å²) in [6.07, 6.45) is 9.60. The van der Waals surface area contributed by atoms with Crippen molar-refractivity contribution in [3.8, 4) is 0 Å². The van der Waals surface area contributed by atoms with Crippen LogP contribution in [0, 0.1) is 5.92 Å². The second-order valence-electron chi connectivity index (χ2n) is 8.07. The third kappa shape index (κ3) is 3.95. The summed E-state index contributed by atoms with van der Waals surface area (Å²) < 4.78 is 1.07. The van der Waals surface area contributed by atoms with E-state index in [1.54, 1.807) is 0 Å². The molecule has 3 unspecified atom stereocenters. The molecule has 3 fully saturated rings. The Labute approximate surface area is 159 Å². The van der Waals surface area contributed by atoms with Gasteiger partial charge in [0.1, 0.15) is 0 Å². The van der Waals surface area contributed by atoms with Crippen LogP contribution in [0.2, 0.25) is 0 Å². The summed E-state index contributed by atoms with van der Waals surface area (Å²) in [5, 5.41) is 0. The molecular formula is C21H29BrN2O. The van der Waals surface area contributed by atoms with Gasteiger partial charge in [0.05, 0.1) is 6.42 Å². The van der Waals surface area contributed by atoms with Crippen LogP contribution in [0.25, 0.3) is 0 Å². The number of rotatable bonds is 3. The van der Waals surface area contributed by atoms with Crippen molar-refractivity contribution in [1.82, 2.24) is 9.80 Å². The average molecular weight is 405 g/mol. The highest BCUT2D eigenvalue weighted by Gasteiger charge is 2.40. The Balaban J connectivity index is 1.39. The van der Waals surface area contributed by atoms with Gasteiger partial charge in [-0.05, 0) is 81.6 Å². The van der Waals surface area contributed by atoms with Crippen LogP contribution >= 0.6 is 15.9 Å². The number of hydrogen-bond donors (Lipinski definition) is 0. The predicted octanol–water partition coefficient (Wildman–Crippen LogP) is 4.25. The van der Waals surface area contributed by atoms with E-state index in [1.807, 2.05) is 12.1 Å². The first-order valence-corrected chi connectivity index (χ1v) is 10.8. The van der Waals surface area contributed by atoms with Crippen LogP contribution in [0.5, 0.6) is 0 Å². The average Bonchev–Trinajstić information content (AvgIpc) is 3.17. The Morgan fingerprint density at radius 2 is 1.76 bits per heavy atom. The van der Waals surface area contributed by atoms with Crippen molar-refractivity contribution < 1.29 is 4.79 Å². The fourth-order valence-corrected chi connectivity index (χ4v) is 5.52. The van der Waals surface area contributed by atoms with Crippen LogP contribution in [0.3, 0.4) is 0 Å². The minimum Gasteiger partial charge on any atom is -0.339 e. The number of nitrogens with zero attached hydrogens (tertiary/aromatic N) is 2. The van der Waals surface area contributed by atoms with Gasteiger partial charge in [0.25, 0.3) is 0 Å². The van der Waals surface area contributed by atoms with Crippen LogP contribution < -0.4 is 0 Å². The van der Waals surface area contributed by atoms with Gasteiger partial charge in [-0.3, -0.25) is 4.79 Å². The van der Waals surface area contributed by atoms with Gasteiger partial charge in [-0.2, -0.15) is 0 Å². The highest BCUT2D eigenvalue weighted by Crippen LogP contribution is 2.38. The maximum atomic E-state index is 12.9. The lowest BCUT2D eigenvalue weighted by Crippen LogP contribution is -2.53. The van der Waals surface area contributed by atoms with Crippen LogP contribution in [-0.4, -0.2) is 47.4 Å². The molecule has 3 aliphatic rings. The Hall–Kier alpha value is -0.870. The number of amides is 1. The van der Waals surface area contributed by atoms with E-state index in [4.69, 9.17) is 0 Å². The Bertz CT molecular complexity index is 596. The zero-order valence-corrected chi connectivity index (χ0v) is 16.6. The van der Waals surface area contributed by atoms with Crippen molar-refractivity contribution in [2.45, 2.75) is 63.5 Å². The summed E-state index contributed by atoms with van der Waals surface area (Å²) in [6, 6.07) is 9.47. The van der Waals surface area contributed by atoms with Crippen LogP contribution in [0.15, 0.2) is 28.7 Å². The summed E-state index contributed by atoms with van der Waals surface area (Å²) in [5.74, 6) is 1.05. The molecule has 25 heavy (non-hydrogen) atoms. The molecule has 1 aromatic rings. The van der Waals surface area contributed by atoms with Crippen molar-refractivity contribution in [2.75, 3.05) is 19.6 Å². The van der Waals surface area contributed by atoms with Crippen LogP contribution in [0.4, 0.5) is 0 Å². The van der Waals surface area contributed by atoms with Crippen molar-refractivity contribution in [1.29, 1.82) is 0 Å². The summed E-state index contributed by atoms with van der Waals surface area (Å²) in [6.45, 7) is 3.56. The molecule has 0 aromatic heterocycles. The minimum atomic E-state index is 0.330. The van der Waals surface area contributed by atoms with E-state index in [9.17, 15) is 4.79 Å². The number of carbonyl (C=O) groups excluding carboxylic acids is 1. The molecule has 0 spiro atoms. The topological polar surface area (TPSA) is 23.6 Å². The molecule has 1 saturated carbocycles. The minimum absolute atomic E-state index is 0.330. The lowest BCUT2D eigenvalue weighted by molar-refractivity contribution is -0.137. The number of piperidine rings is 1. The first-order chi connectivity index (χ1) is 12.2. The van der Waals surface area contributed by atoms with E-state index < -0.39 is 0 Å². The first kappa shape index (κ1) is 17.5. The van der Waals surface area contributed by atoms with Gasteiger partial charge in [-0.1, -0.05) is 28.1 Å². The Morgan fingerprint density at radius 1 is 1.00 bits per heavy atom. The summed E-state index contributed by atoms with van der Waals surface area (Å²) >= 11 is 3.47. The molecule has 1 amide bonds. The van der Waals surface area contributed by atoms with E-state index in [0.29, 0.717) is 18.4 Å². The lowest BCUT2D eigenvalue weighted by Gasteiger charge is -2.48. The van der Waals surface area contributed by atoms with Gasteiger partial charge in [0, 0.05) is 23.1 Å². The Kier molecular flexibility index (Phi) is 5.47. The smallest absolute Gasteiger partial charge is 0.227 e. The van der Waals surface area contributed by atoms with E-state index in [2.05, 4.69) is 37.9 Å².